The monoisotopic (exact) mass is 1050 g/mol. The first-order valence-electron chi connectivity index (χ1n) is 29.2. The van der Waals surface area contributed by atoms with Gasteiger partial charge in [0.2, 0.25) is 0 Å². The Bertz CT molecular complexity index is 4260. The summed E-state index contributed by atoms with van der Waals surface area (Å²) >= 11 is 3.87. The molecule has 2 unspecified atom stereocenters. The summed E-state index contributed by atoms with van der Waals surface area (Å²) in [6.07, 6.45) is 9.51. The van der Waals surface area contributed by atoms with Crippen molar-refractivity contribution in [3.05, 3.63) is 173 Å². The van der Waals surface area contributed by atoms with E-state index in [0.29, 0.717) is 0 Å². The minimum absolute atomic E-state index is 0.00160. The summed E-state index contributed by atoms with van der Waals surface area (Å²) in [4.78, 5) is 8.40. The Morgan fingerprint density at radius 3 is 1.69 bits per heavy atom. The van der Waals surface area contributed by atoms with Crippen molar-refractivity contribution >= 4 is 132 Å². The number of anilines is 8. The van der Waals surface area contributed by atoms with Crippen molar-refractivity contribution in [2.24, 2.45) is 0 Å². The van der Waals surface area contributed by atoms with E-state index in [1.54, 1.807) is 0 Å². The highest BCUT2D eigenvalue weighted by Crippen LogP contribution is 2.63. The van der Waals surface area contributed by atoms with Gasteiger partial charge in [0.15, 0.2) is 0 Å². The number of hydrogen-bond acceptors (Lipinski definition) is 5. The molecule has 16 rings (SSSR count). The lowest BCUT2D eigenvalue weighted by Gasteiger charge is -2.51. The number of rotatable bonds is 3. The second-order valence-corrected chi connectivity index (χ2v) is 29.8. The van der Waals surface area contributed by atoms with Crippen LogP contribution in [-0.2, 0) is 27.1 Å². The lowest BCUT2D eigenvalue weighted by atomic mass is 9.33. The average molecular weight is 1050 g/mol. The zero-order chi connectivity index (χ0) is 53.2. The Labute approximate surface area is 470 Å². The summed E-state index contributed by atoms with van der Waals surface area (Å²) in [5.74, 6) is 0. The van der Waals surface area contributed by atoms with Gasteiger partial charge in [-0.1, -0.05) is 154 Å². The van der Waals surface area contributed by atoms with E-state index in [1.807, 2.05) is 22.7 Å². The maximum Gasteiger partial charge on any atom is 0.252 e. The van der Waals surface area contributed by atoms with Crippen LogP contribution >= 0.6 is 22.7 Å². The van der Waals surface area contributed by atoms with Gasteiger partial charge >= 0.3 is 0 Å². The lowest BCUT2D eigenvalue weighted by molar-refractivity contribution is 0.195. The molecule has 8 aromatic carbocycles. The number of hydrogen-bond donors (Lipinski definition) is 0. The molecule has 2 aromatic heterocycles. The fourth-order valence-corrected chi connectivity index (χ4v) is 18.9. The molecule has 3 nitrogen and oxygen atoms in total. The fourth-order valence-electron chi connectivity index (χ4n) is 16.7. The Morgan fingerprint density at radius 2 is 0.936 bits per heavy atom. The first kappa shape index (κ1) is 47.6. The van der Waals surface area contributed by atoms with Crippen LogP contribution in [0.5, 0.6) is 0 Å². The Balaban J connectivity index is 1.09. The SMILES string of the molecule is CC1(C)CCC(C)(C)c2cc(N3c4cc5c(cc4B4c6cc7c(cc6N(c6cccc8sc9ccccc9c68)c6cc(N8c9ccccc9C9(C)CCCCC89C)cc3c64)sc3ccccc37)C(C)(C)CCC5(C)C)ccc21. The van der Waals surface area contributed by atoms with Crippen LogP contribution in [0.25, 0.3) is 40.3 Å². The number of fused-ring (bicyclic) bond motifs is 15. The molecule has 0 bridgehead atoms. The van der Waals surface area contributed by atoms with Crippen LogP contribution in [0.3, 0.4) is 0 Å². The van der Waals surface area contributed by atoms with Gasteiger partial charge in [0.25, 0.3) is 6.71 Å². The van der Waals surface area contributed by atoms with Crippen LogP contribution < -0.4 is 31.1 Å². The van der Waals surface area contributed by atoms with Crippen LogP contribution in [0, 0.1) is 0 Å². The molecular weight excluding hydrogens is 982 g/mol. The zero-order valence-corrected chi connectivity index (χ0v) is 48.9. The maximum atomic E-state index is 2.85. The fraction of sp³-hybridized carbons (Fsp3) is 0.333. The summed E-state index contributed by atoms with van der Waals surface area (Å²) in [6.45, 7) is 25.2. The molecule has 6 aliphatic rings. The highest BCUT2D eigenvalue weighted by molar-refractivity contribution is 7.26. The Kier molecular flexibility index (Phi) is 9.61. The van der Waals surface area contributed by atoms with E-state index in [9.17, 15) is 0 Å². The van der Waals surface area contributed by atoms with Crippen molar-refractivity contribution in [1.29, 1.82) is 0 Å². The molecule has 1 fully saturated rings. The molecule has 10 aromatic rings. The third kappa shape index (κ3) is 6.23. The third-order valence-corrected chi connectivity index (χ3v) is 23.8. The molecule has 3 aliphatic carbocycles. The smallest absolute Gasteiger partial charge is 0.252 e. The van der Waals surface area contributed by atoms with E-state index in [2.05, 4.69) is 230 Å². The first-order chi connectivity index (χ1) is 37.4. The molecule has 0 N–H and O–H groups in total. The van der Waals surface area contributed by atoms with Crippen molar-refractivity contribution in [3.63, 3.8) is 0 Å². The van der Waals surface area contributed by atoms with Crippen LogP contribution in [0.2, 0.25) is 0 Å². The van der Waals surface area contributed by atoms with Gasteiger partial charge in [0.1, 0.15) is 0 Å². The molecule has 6 heteroatoms. The second-order valence-electron chi connectivity index (χ2n) is 27.6. The van der Waals surface area contributed by atoms with Gasteiger partial charge in [-0.3, -0.25) is 0 Å². The van der Waals surface area contributed by atoms with E-state index in [4.69, 9.17) is 0 Å². The highest BCUT2D eigenvalue weighted by atomic mass is 32.1. The summed E-state index contributed by atoms with van der Waals surface area (Å²) in [5, 5.41) is 5.37. The van der Waals surface area contributed by atoms with Crippen molar-refractivity contribution in [3.8, 4) is 0 Å². The summed E-state index contributed by atoms with van der Waals surface area (Å²) in [6, 6.07) is 58.6. The molecule has 388 valence electrons. The highest BCUT2D eigenvalue weighted by Gasteiger charge is 2.58. The molecule has 1 saturated carbocycles. The summed E-state index contributed by atoms with van der Waals surface area (Å²) in [7, 11) is 0. The quantitative estimate of drug-likeness (QED) is 0.163. The third-order valence-electron chi connectivity index (χ3n) is 21.5. The van der Waals surface area contributed by atoms with E-state index in [-0.39, 0.29) is 39.3 Å². The van der Waals surface area contributed by atoms with Crippen molar-refractivity contribution in [1.82, 2.24) is 0 Å². The van der Waals surface area contributed by atoms with E-state index >= 15 is 0 Å². The Morgan fingerprint density at radius 1 is 0.372 bits per heavy atom. The number of benzene rings is 8. The molecule has 2 atom stereocenters. The lowest BCUT2D eigenvalue weighted by Crippen LogP contribution is -2.62. The van der Waals surface area contributed by atoms with Gasteiger partial charge in [-0.25, -0.2) is 0 Å². The molecule has 78 heavy (non-hydrogen) atoms. The zero-order valence-electron chi connectivity index (χ0n) is 47.2. The number of nitrogens with zero attached hydrogens (tertiary/aromatic N) is 3. The molecule has 5 heterocycles. The van der Waals surface area contributed by atoms with Crippen LogP contribution in [-0.4, -0.2) is 12.3 Å². The van der Waals surface area contributed by atoms with E-state index in [1.165, 1.54) is 169 Å². The van der Waals surface area contributed by atoms with Crippen LogP contribution in [0.1, 0.15) is 148 Å². The normalized spacial score (nSPS) is 22.7. The van der Waals surface area contributed by atoms with Crippen LogP contribution in [0.4, 0.5) is 45.5 Å². The Hall–Kier alpha value is -6.34. The molecule has 0 amide bonds. The molecule has 0 spiro atoms. The van der Waals surface area contributed by atoms with Gasteiger partial charge in [0, 0.05) is 80.2 Å². The van der Waals surface area contributed by atoms with Gasteiger partial charge in [-0.05, 0) is 183 Å². The molecule has 3 aliphatic heterocycles. The van der Waals surface area contributed by atoms with E-state index < -0.39 is 0 Å². The second kappa shape index (κ2) is 15.7. The molecular formula is C72H70BN3S2. The molecule has 0 saturated heterocycles. The predicted octanol–water partition coefficient (Wildman–Crippen LogP) is 18.9. The standard InChI is InChI=1S/C72H70BN3S2/c1-67(2)32-33-68(3,4)50-36-43(28-29-48(50)67)74-57-41-52-51(69(5,6)34-35-70(52,7)8)40-54(57)73-53-39-47-45-20-11-15-25-61(45)78-64(47)42-58(53)75(56-24-19-27-63-65(56)46-21-12-16-26-62(46)77-63)60-38-44(37-59(74)66(60)73)76-55-23-14-13-22-49(55)71(9)30-17-18-31-72(71,76)10/h11-16,19-29,36-42H,17-18,30-35H2,1-10H3. The minimum atomic E-state index is -0.132. The maximum absolute atomic E-state index is 2.85. The summed E-state index contributed by atoms with van der Waals surface area (Å²) in [5.41, 5.74) is 22.2. The van der Waals surface area contributed by atoms with Crippen molar-refractivity contribution in [2.45, 2.75) is 153 Å². The van der Waals surface area contributed by atoms with Crippen molar-refractivity contribution in [2.75, 3.05) is 14.7 Å². The largest absolute Gasteiger partial charge is 0.334 e. The van der Waals surface area contributed by atoms with Crippen molar-refractivity contribution < 1.29 is 0 Å². The van der Waals surface area contributed by atoms with Gasteiger partial charge in [0.05, 0.1) is 11.2 Å². The minimum Gasteiger partial charge on any atom is -0.334 e. The first-order valence-corrected chi connectivity index (χ1v) is 30.9. The summed E-state index contributed by atoms with van der Waals surface area (Å²) < 4.78 is 5.34. The molecule has 0 radical (unpaired) electrons. The van der Waals surface area contributed by atoms with Crippen LogP contribution in [0.15, 0.2) is 146 Å². The predicted molar refractivity (Wildman–Crippen MR) is 340 cm³/mol. The number of para-hydroxylation sites is 1. The van der Waals surface area contributed by atoms with Gasteiger partial charge in [-0.2, -0.15) is 0 Å². The topological polar surface area (TPSA) is 9.72 Å². The van der Waals surface area contributed by atoms with E-state index in [0.717, 1.165) is 12.8 Å². The average Bonchev–Trinajstić information content (AvgIpc) is 4.10. The number of thiophene rings is 2. The van der Waals surface area contributed by atoms with Gasteiger partial charge < -0.3 is 14.7 Å². The van der Waals surface area contributed by atoms with Gasteiger partial charge in [-0.15, -0.1) is 22.7 Å².